The summed E-state index contributed by atoms with van der Waals surface area (Å²) in [7, 11) is 0. The first kappa shape index (κ1) is 13.8. The summed E-state index contributed by atoms with van der Waals surface area (Å²) in [5.41, 5.74) is 3.09. The van der Waals surface area contributed by atoms with Gasteiger partial charge in [-0.2, -0.15) is 0 Å². The highest BCUT2D eigenvalue weighted by molar-refractivity contribution is 5.76. The number of pyridine rings is 1. The molecule has 1 aromatic heterocycles. The smallest absolute Gasteiger partial charge is 0.325 e. The molecule has 0 fully saturated rings. The molecule has 0 spiro atoms. The van der Waals surface area contributed by atoms with Crippen molar-refractivity contribution in [3.05, 3.63) is 65.5 Å². The third kappa shape index (κ3) is 2.54. The standard InChI is InChI=1S/C17H18N2O2/c1-12(14-6-4-9-18-11-14)19-10-8-13-5-2-3-7-15(13)16(19)17(20)21/h2-7,9,11-12,16H,8,10H2,1H3,(H,20,21). The van der Waals surface area contributed by atoms with Crippen LogP contribution in [0, 0.1) is 0 Å². The highest BCUT2D eigenvalue weighted by Crippen LogP contribution is 2.35. The Hall–Kier alpha value is -2.20. The number of carboxylic acids is 1. The Morgan fingerprint density at radius 1 is 1.33 bits per heavy atom. The number of nitrogens with zero attached hydrogens (tertiary/aromatic N) is 2. The van der Waals surface area contributed by atoms with E-state index < -0.39 is 12.0 Å². The van der Waals surface area contributed by atoms with Gasteiger partial charge in [0.25, 0.3) is 0 Å². The molecule has 2 atom stereocenters. The number of aliphatic carboxylic acids is 1. The van der Waals surface area contributed by atoms with Crippen LogP contribution in [0.3, 0.4) is 0 Å². The average molecular weight is 282 g/mol. The van der Waals surface area contributed by atoms with Crippen molar-refractivity contribution >= 4 is 5.97 Å². The minimum atomic E-state index is -0.794. The molecular weight excluding hydrogens is 264 g/mol. The minimum absolute atomic E-state index is 0.0214. The van der Waals surface area contributed by atoms with Gasteiger partial charge in [0.15, 0.2) is 0 Å². The molecule has 0 amide bonds. The lowest BCUT2D eigenvalue weighted by atomic mass is 9.90. The Balaban J connectivity index is 1.98. The zero-order valence-electron chi connectivity index (χ0n) is 11.9. The monoisotopic (exact) mass is 282 g/mol. The van der Waals surface area contributed by atoms with Crippen LogP contribution in [0.15, 0.2) is 48.8 Å². The van der Waals surface area contributed by atoms with Crippen LogP contribution in [0.1, 0.15) is 35.7 Å². The summed E-state index contributed by atoms with van der Waals surface area (Å²) >= 11 is 0. The molecule has 3 rings (SSSR count). The second kappa shape index (κ2) is 5.66. The van der Waals surface area contributed by atoms with Gasteiger partial charge in [0.1, 0.15) is 6.04 Å². The van der Waals surface area contributed by atoms with Gasteiger partial charge in [0.05, 0.1) is 0 Å². The second-order valence-electron chi connectivity index (χ2n) is 5.39. The van der Waals surface area contributed by atoms with Gasteiger partial charge < -0.3 is 5.11 Å². The Bertz CT molecular complexity index is 642. The summed E-state index contributed by atoms with van der Waals surface area (Å²) in [4.78, 5) is 18.0. The van der Waals surface area contributed by atoms with E-state index in [4.69, 9.17) is 0 Å². The van der Waals surface area contributed by atoms with Crippen LogP contribution < -0.4 is 0 Å². The largest absolute Gasteiger partial charge is 0.480 e. The summed E-state index contributed by atoms with van der Waals surface area (Å²) in [5, 5.41) is 9.69. The lowest BCUT2D eigenvalue weighted by Crippen LogP contribution is -2.41. The first-order chi connectivity index (χ1) is 10.2. The molecule has 2 aromatic rings. The van der Waals surface area contributed by atoms with Crippen molar-refractivity contribution in [3.63, 3.8) is 0 Å². The van der Waals surface area contributed by atoms with Crippen molar-refractivity contribution in [2.24, 2.45) is 0 Å². The first-order valence-corrected chi connectivity index (χ1v) is 7.15. The van der Waals surface area contributed by atoms with E-state index in [1.807, 2.05) is 54.4 Å². The summed E-state index contributed by atoms with van der Waals surface area (Å²) in [6.45, 7) is 2.78. The Morgan fingerprint density at radius 3 is 2.86 bits per heavy atom. The van der Waals surface area contributed by atoms with Crippen LogP contribution >= 0.6 is 0 Å². The first-order valence-electron chi connectivity index (χ1n) is 7.15. The minimum Gasteiger partial charge on any atom is -0.480 e. The third-order valence-electron chi connectivity index (χ3n) is 4.22. The van der Waals surface area contributed by atoms with Crippen molar-refractivity contribution in [2.45, 2.75) is 25.4 Å². The molecule has 0 aliphatic carbocycles. The van der Waals surface area contributed by atoms with Crippen molar-refractivity contribution in [2.75, 3.05) is 6.54 Å². The van der Waals surface area contributed by atoms with Crippen LogP contribution in [-0.4, -0.2) is 27.5 Å². The van der Waals surface area contributed by atoms with Gasteiger partial charge in [-0.3, -0.25) is 14.7 Å². The van der Waals surface area contributed by atoms with Crippen molar-refractivity contribution in [1.29, 1.82) is 0 Å². The summed E-state index contributed by atoms with van der Waals surface area (Å²) in [6.07, 6.45) is 4.42. The molecule has 1 aromatic carbocycles. The number of fused-ring (bicyclic) bond motifs is 1. The van der Waals surface area contributed by atoms with Gasteiger partial charge in [0, 0.05) is 25.0 Å². The van der Waals surface area contributed by atoms with Crippen molar-refractivity contribution in [3.8, 4) is 0 Å². The highest BCUT2D eigenvalue weighted by atomic mass is 16.4. The molecular formula is C17H18N2O2. The molecule has 1 aliphatic heterocycles. The van der Waals surface area contributed by atoms with Gasteiger partial charge in [-0.15, -0.1) is 0 Å². The number of aromatic nitrogens is 1. The van der Waals surface area contributed by atoms with Gasteiger partial charge in [0.2, 0.25) is 0 Å². The summed E-state index contributed by atoms with van der Waals surface area (Å²) in [5.74, 6) is -0.794. The quantitative estimate of drug-likeness (QED) is 0.940. The van der Waals surface area contributed by atoms with E-state index >= 15 is 0 Å². The maximum atomic E-state index is 11.8. The zero-order chi connectivity index (χ0) is 14.8. The molecule has 0 saturated carbocycles. The van der Waals surface area contributed by atoms with E-state index in [1.54, 1.807) is 6.20 Å². The van der Waals surface area contributed by atoms with E-state index in [1.165, 1.54) is 0 Å². The fraction of sp³-hybridized carbons (Fsp3) is 0.294. The molecule has 0 bridgehead atoms. The number of carbonyl (C=O) groups is 1. The van der Waals surface area contributed by atoms with Gasteiger partial charge in [-0.05, 0) is 36.1 Å². The molecule has 108 valence electrons. The number of rotatable bonds is 3. The van der Waals surface area contributed by atoms with E-state index in [-0.39, 0.29) is 6.04 Å². The predicted octanol–water partition coefficient (Wildman–Crippen LogP) is 2.83. The number of carboxylic acid groups (broad SMARTS) is 1. The fourth-order valence-electron chi connectivity index (χ4n) is 3.09. The van der Waals surface area contributed by atoms with E-state index in [9.17, 15) is 9.90 Å². The zero-order valence-corrected chi connectivity index (χ0v) is 11.9. The van der Waals surface area contributed by atoms with Gasteiger partial charge in [-0.1, -0.05) is 30.3 Å². The SMILES string of the molecule is CC(c1cccnc1)N1CCc2ccccc2C1C(=O)O. The molecule has 1 aliphatic rings. The lowest BCUT2D eigenvalue weighted by molar-refractivity contribution is -0.145. The maximum absolute atomic E-state index is 11.8. The van der Waals surface area contributed by atoms with Crippen LogP contribution in [-0.2, 0) is 11.2 Å². The molecule has 4 heteroatoms. The van der Waals surface area contributed by atoms with Crippen LogP contribution in [0.25, 0.3) is 0 Å². The van der Waals surface area contributed by atoms with E-state index in [0.717, 1.165) is 29.7 Å². The molecule has 21 heavy (non-hydrogen) atoms. The normalized spacial score (nSPS) is 19.8. The van der Waals surface area contributed by atoms with Crippen LogP contribution in [0.5, 0.6) is 0 Å². The Kier molecular flexibility index (Phi) is 3.71. The summed E-state index contributed by atoms with van der Waals surface area (Å²) in [6, 6.07) is 11.1. The average Bonchev–Trinajstić information content (AvgIpc) is 2.53. The topological polar surface area (TPSA) is 53.4 Å². The molecule has 0 radical (unpaired) electrons. The van der Waals surface area contributed by atoms with Gasteiger partial charge >= 0.3 is 5.97 Å². The van der Waals surface area contributed by atoms with E-state index in [2.05, 4.69) is 4.98 Å². The fourth-order valence-corrected chi connectivity index (χ4v) is 3.09. The Labute approximate surface area is 124 Å². The van der Waals surface area contributed by atoms with Crippen molar-refractivity contribution in [1.82, 2.24) is 9.88 Å². The van der Waals surface area contributed by atoms with E-state index in [0.29, 0.717) is 0 Å². The molecule has 1 N–H and O–H groups in total. The number of hydrogen-bond donors (Lipinski definition) is 1. The van der Waals surface area contributed by atoms with Crippen LogP contribution in [0.2, 0.25) is 0 Å². The number of benzene rings is 1. The molecule has 4 nitrogen and oxygen atoms in total. The molecule has 0 saturated heterocycles. The van der Waals surface area contributed by atoms with Gasteiger partial charge in [-0.25, -0.2) is 0 Å². The number of hydrogen-bond acceptors (Lipinski definition) is 3. The molecule has 2 heterocycles. The maximum Gasteiger partial charge on any atom is 0.325 e. The second-order valence-corrected chi connectivity index (χ2v) is 5.39. The summed E-state index contributed by atoms with van der Waals surface area (Å²) < 4.78 is 0. The predicted molar refractivity (Wildman–Crippen MR) is 79.9 cm³/mol. The Morgan fingerprint density at radius 2 is 2.14 bits per heavy atom. The third-order valence-corrected chi connectivity index (χ3v) is 4.22. The molecule has 2 unspecified atom stereocenters. The lowest BCUT2D eigenvalue weighted by Gasteiger charge is -2.38. The highest BCUT2D eigenvalue weighted by Gasteiger charge is 2.35. The van der Waals surface area contributed by atoms with Crippen LogP contribution in [0.4, 0.5) is 0 Å². The van der Waals surface area contributed by atoms with Crippen molar-refractivity contribution < 1.29 is 9.90 Å².